The first-order valence-electron chi connectivity index (χ1n) is 9.60. The molecule has 0 N–H and O–H groups in total. The molecule has 3 aromatic rings. The number of carbonyl (C=O) groups is 1. The summed E-state index contributed by atoms with van der Waals surface area (Å²) in [7, 11) is 0. The predicted octanol–water partition coefficient (Wildman–Crippen LogP) is 5.21. The van der Waals surface area contributed by atoms with E-state index in [0.717, 1.165) is 36.0 Å². The second kappa shape index (κ2) is 7.41. The fourth-order valence-electron chi connectivity index (χ4n) is 4.03. The fraction of sp³-hybridized carbons (Fsp3) is 0.261. The molecule has 0 radical (unpaired) electrons. The lowest BCUT2D eigenvalue weighted by atomic mass is 10.0. The van der Waals surface area contributed by atoms with Crippen LogP contribution < -0.4 is 9.47 Å². The van der Waals surface area contributed by atoms with Gasteiger partial charge in [-0.05, 0) is 70.2 Å². The highest BCUT2D eigenvalue weighted by molar-refractivity contribution is 7.08. The minimum atomic E-state index is 0.190. The maximum atomic E-state index is 12.8. The smallest absolute Gasteiger partial charge is 0.169 e. The summed E-state index contributed by atoms with van der Waals surface area (Å²) in [5.41, 5.74) is 2.20. The minimum absolute atomic E-state index is 0.190. The molecule has 2 aromatic carbocycles. The molecule has 142 valence electrons. The summed E-state index contributed by atoms with van der Waals surface area (Å²) >= 11 is 1.76. The van der Waals surface area contributed by atoms with Crippen molar-refractivity contribution in [1.82, 2.24) is 4.90 Å². The number of ether oxygens (including phenoxy) is 2. The first-order valence-corrected chi connectivity index (χ1v) is 10.5. The number of Topliss-reactive ketones (excluding diaryl/α,β-unsaturated/α-hetero) is 1. The molecule has 28 heavy (non-hydrogen) atoms. The molecule has 0 spiro atoms. The Bertz CT molecular complexity index is 1040. The Kier molecular flexibility index (Phi) is 4.63. The number of benzene rings is 2. The number of thiophene rings is 1. The van der Waals surface area contributed by atoms with Crippen LogP contribution in [0.2, 0.25) is 0 Å². The Balaban J connectivity index is 1.25. The quantitative estimate of drug-likeness (QED) is 0.560. The van der Waals surface area contributed by atoms with Gasteiger partial charge in [0.05, 0.1) is 0 Å². The van der Waals surface area contributed by atoms with Crippen LogP contribution in [0.1, 0.15) is 34.7 Å². The summed E-state index contributed by atoms with van der Waals surface area (Å²) in [6, 6.07) is 11.9. The van der Waals surface area contributed by atoms with Crippen LogP contribution in [0.5, 0.6) is 11.5 Å². The Hall–Kier alpha value is -2.63. The number of ketones is 1. The van der Waals surface area contributed by atoms with E-state index in [4.69, 9.17) is 9.47 Å². The van der Waals surface area contributed by atoms with E-state index >= 15 is 0 Å². The molecule has 0 bridgehead atoms. The van der Waals surface area contributed by atoms with Gasteiger partial charge in [0.1, 0.15) is 12.5 Å². The van der Waals surface area contributed by atoms with E-state index in [9.17, 15) is 4.79 Å². The minimum Gasteiger partial charge on any atom is -0.458 e. The molecule has 1 unspecified atom stereocenters. The summed E-state index contributed by atoms with van der Waals surface area (Å²) < 4.78 is 11.0. The van der Waals surface area contributed by atoms with E-state index < -0.39 is 0 Å². The van der Waals surface area contributed by atoms with Crippen molar-refractivity contribution in [3.8, 4) is 11.5 Å². The molecule has 1 atom stereocenters. The standard InChI is InChI=1S/C23H21NO3S/c25-21(4-7-24-6-3-18(14-24)19-5-10-28-15-19)17-2-1-16-12-22-23(13-20(16)11-17)27-9-8-26-22/h1-2,5,8-13,15,18H,3-4,6-7,14H2. The van der Waals surface area contributed by atoms with E-state index in [0.29, 0.717) is 23.8 Å². The molecule has 1 aromatic heterocycles. The highest BCUT2D eigenvalue weighted by Crippen LogP contribution is 2.35. The molecule has 2 aliphatic heterocycles. The number of carbonyl (C=O) groups excluding carboxylic acids is 1. The van der Waals surface area contributed by atoms with Gasteiger partial charge < -0.3 is 14.4 Å². The maximum Gasteiger partial charge on any atom is 0.169 e. The van der Waals surface area contributed by atoms with Gasteiger partial charge in [-0.25, -0.2) is 0 Å². The first-order chi connectivity index (χ1) is 13.8. The van der Waals surface area contributed by atoms with E-state index in [1.807, 2.05) is 30.3 Å². The van der Waals surface area contributed by atoms with Gasteiger partial charge in [-0.15, -0.1) is 0 Å². The van der Waals surface area contributed by atoms with Crippen molar-refractivity contribution in [1.29, 1.82) is 0 Å². The number of fused-ring (bicyclic) bond motifs is 2. The highest BCUT2D eigenvalue weighted by atomic mass is 32.1. The van der Waals surface area contributed by atoms with E-state index in [-0.39, 0.29) is 5.78 Å². The molecule has 2 aliphatic rings. The average molecular weight is 391 g/mol. The largest absolute Gasteiger partial charge is 0.458 e. The maximum absolute atomic E-state index is 12.8. The molecule has 1 saturated heterocycles. The number of hydrogen-bond acceptors (Lipinski definition) is 5. The third-order valence-electron chi connectivity index (χ3n) is 5.61. The van der Waals surface area contributed by atoms with Gasteiger partial charge in [0.15, 0.2) is 17.3 Å². The Labute approximate surface area is 168 Å². The van der Waals surface area contributed by atoms with Crippen LogP contribution in [-0.2, 0) is 0 Å². The van der Waals surface area contributed by atoms with Gasteiger partial charge >= 0.3 is 0 Å². The zero-order valence-electron chi connectivity index (χ0n) is 15.5. The average Bonchev–Trinajstić information content (AvgIpc) is 3.41. The zero-order chi connectivity index (χ0) is 18.9. The molecule has 0 amide bonds. The molecule has 1 fully saturated rings. The summed E-state index contributed by atoms with van der Waals surface area (Å²) in [6.07, 6.45) is 4.77. The van der Waals surface area contributed by atoms with E-state index in [1.54, 1.807) is 11.3 Å². The monoisotopic (exact) mass is 391 g/mol. The van der Waals surface area contributed by atoms with Gasteiger partial charge in [-0.3, -0.25) is 4.79 Å². The molecular formula is C23H21NO3S. The van der Waals surface area contributed by atoms with Crippen molar-refractivity contribution in [3.05, 3.63) is 70.8 Å². The number of likely N-dealkylation sites (tertiary alicyclic amines) is 1. The Morgan fingerprint density at radius 2 is 1.89 bits per heavy atom. The topological polar surface area (TPSA) is 38.8 Å². The summed E-state index contributed by atoms with van der Waals surface area (Å²) in [6.45, 7) is 2.95. The molecular weight excluding hydrogens is 370 g/mol. The molecule has 4 nitrogen and oxygen atoms in total. The van der Waals surface area contributed by atoms with Gasteiger partial charge in [-0.1, -0.05) is 12.1 Å². The lowest BCUT2D eigenvalue weighted by Crippen LogP contribution is -2.23. The fourth-order valence-corrected chi connectivity index (χ4v) is 4.78. The number of rotatable bonds is 5. The molecule has 3 heterocycles. The molecule has 5 heteroatoms. The van der Waals surface area contributed by atoms with Crippen molar-refractivity contribution in [2.24, 2.45) is 0 Å². The lowest BCUT2D eigenvalue weighted by Gasteiger charge is -2.16. The van der Waals surface area contributed by atoms with Crippen LogP contribution in [0, 0.1) is 0 Å². The summed E-state index contributed by atoms with van der Waals surface area (Å²) in [5.74, 6) is 2.18. The molecule has 0 aliphatic carbocycles. The SMILES string of the molecule is O=C(CCN1CCC(c2ccsc2)C1)c1ccc2cc3c(cc2c1)OC=CO3. The highest BCUT2D eigenvalue weighted by Gasteiger charge is 2.24. The van der Waals surface area contributed by atoms with Crippen LogP contribution >= 0.6 is 11.3 Å². The van der Waals surface area contributed by atoms with Crippen LogP contribution in [0.3, 0.4) is 0 Å². The van der Waals surface area contributed by atoms with Gasteiger partial charge in [-0.2, -0.15) is 11.3 Å². The number of hydrogen-bond donors (Lipinski definition) is 0. The zero-order valence-corrected chi connectivity index (χ0v) is 16.3. The second-order valence-electron chi connectivity index (χ2n) is 7.38. The normalized spacial score (nSPS) is 18.6. The first kappa shape index (κ1) is 17.5. The summed E-state index contributed by atoms with van der Waals surface area (Å²) in [5, 5.41) is 6.42. The van der Waals surface area contributed by atoms with Gasteiger partial charge in [0.2, 0.25) is 0 Å². The van der Waals surface area contributed by atoms with Crippen molar-refractivity contribution in [3.63, 3.8) is 0 Å². The molecule has 0 saturated carbocycles. The third kappa shape index (κ3) is 3.43. The van der Waals surface area contributed by atoms with E-state index in [2.05, 4.69) is 21.7 Å². The third-order valence-corrected chi connectivity index (χ3v) is 6.31. The van der Waals surface area contributed by atoms with E-state index in [1.165, 1.54) is 24.5 Å². The van der Waals surface area contributed by atoms with Crippen molar-refractivity contribution >= 4 is 27.9 Å². The van der Waals surface area contributed by atoms with Crippen molar-refractivity contribution in [2.75, 3.05) is 19.6 Å². The van der Waals surface area contributed by atoms with Crippen LogP contribution in [-0.4, -0.2) is 30.3 Å². The Morgan fingerprint density at radius 3 is 2.68 bits per heavy atom. The molecule has 5 rings (SSSR count). The second-order valence-corrected chi connectivity index (χ2v) is 8.16. The predicted molar refractivity (Wildman–Crippen MR) is 111 cm³/mol. The van der Waals surface area contributed by atoms with Gasteiger partial charge in [0, 0.05) is 25.1 Å². The Morgan fingerprint density at radius 1 is 1.07 bits per heavy atom. The lowest BCUT2D eigenvalue weighted by molar-refractivity contribution is 0.0969. The van der Waals surface area contributed by atoms with Crippen molar-refractivity contribution < 1.29 is 14.3 Å². The van der Waals surface area contributed by atoms with Gasteiger partial charge in [0.25, 0.3) is 0 Å². The van der Waals surface area contributed by atoms with Crippen LogP contribution in [0.4, 0.5) is 0 Å². The van der Waals surface area contributed by atoms with Crippen LogP contribution in [0.15, 0.2) is 59.7 Å². The van der Waals surface area contributed by atoms with Crippen molar-refractivity contribution in [2.45, 2.75) is 18.8 Å². The number of nitrogens with zero attached hydrogens (tertiary/aromatic N) is 1. The van der Waals surface area contributed by atoms with Crippen LogP contribution in [0.25, 0.3) is 10.8 Å². The summed E-state index contributed by atoms with van der Waals surface area (Å²) in [4.78, 5) is 15.2.